The average molecular weight is 422 g/mol. The Bertz CT molecular complexity index is 963. The van der Waals surface area contributed by atoms with Crippen LogP contribution in [0.3, 0.4) is 0 Å². The van der Waals surface area contributed by atoms with E-state index in [0.29, 0.717) is 18.1 Å². The summed E-state index contributed by atoms with van der Waals surface area (Å²) in [7, 11) is 0. The predicted octanol–water partition coefficient (Wildman–Crippen LogP) is 4.01. The lowest BCUT2D eigenvalue weighted by Gasteiger charge is -2.29. The fourth-order valence-corrected chi connectivity index (χ4v) is 3.20. The van der Waals surface area contributed by atoms with Crippen LogP contribution in [0.1, 0.15) is 23.7 Å². The van der Waals surface area contributed by atoms with Crippen LogP contribution in [-0.4, -0.2) is 27.7 Å². The number of nitrogens with one attached hydrogen (secondary N) is 1. The maximum absolute atomic E-state index is 13.1. The fourth-order valence-electron chi connectivity index (χ4n) is 3.07. The molecule has 0 spiro atoms. The van der Waals surface area contributed by atoms with Gasteiger partial charge in [0.25, 0.3) is 0 Å². The molecule has 1 aromatic heterocycles. The number of nitrogens with zero attached hydrogens (tertiary/aromatic N) is 2. The third-order valence-electron chi connectivity index (χ3n) is 4.80. The summed E-state index contributed by atoms with van der Waals surface area (Å²) in [4.78, 5) is 31.7. The highest BCUT2D eigenvalue weighted by molar-refractivity contribution is 6.30. The van der Waals surface area contributed by atoms with Gasteiger partial charge in [-0.2, -0.15) is 0 Å². The van der Waals surface area contributed by atoms with Gasteiger partial charge >= 0.3 is 0 Å². The lowest BCUT2D eigenvalue weighted by Crippen LogP contribution is -2.48. The molecule has 0 aliphatic heterocycles. The maximum atomic E-state index is 13.1. The first-order valence-corrected chi connectivity index (χ1v) is 10.2. The number of carbonyl (C=O) groups excluding carboxylic acids is 2. The standard InChI is InChI=1S/C24H24ClN3O2/c1-18(24(30)27-16-22-9-5-6-14-26-22)28(17-20-7-3-2-4-8-20)23(29)15-19-10-12-21(25)13-11-19/h2-14,18H,15-17H2,1H3,(H,27,30)/t18-/m1/s1. The largest absolute Gasteiger partial charge is 0.349 e. The number of amides is 2. The minimum atomic E-state index is -0.631. The molecule has 0 aliphatic rings. The van der Waals surface area contributed by atoms with Crippen molar-refractivity contribution < 1.29 is 9.59 Å². The second-order valence-electron chi connectivity index (χ2n) is 7.03. The molecule has 1 N–H and O–H groups in total. The van der Waals surface area contributed by atoms with E-state index in [4.69, 9.17) is 11.6 Å². The minimum absolute atomic E-state index is 0.123. The molecule has 1 heterocycles. The van der Waals surface area contributed by atoms with Gasteiger partial charge in [-0.3, -0.25) is 14.6 Å². The summed E-state index contributed by atoms with van der Waals surface area (Å²) < 4.78 is 0. The highest BCUT2D eigenvalue weighted by Crippen LogP contribution is 2.14. The first-order chi connectivity index (χ1) is 14.5. The van der Waals surface area contributed by atoms with Crippen LogP contribution in [0.2, 0.25) is 5.02 Å². The SMILES string of the molecule is C[C@H](C(=O)NCc1ccccn1)N(Cc1ccccc1)C(=O)Cc1ccc(Cl)cc1. The average Bonchev–Trinajstić information content (AvgIpc) is 2.78. The quantitative estimate of drug-likeness (QED) is 0.597. The summed E-state index contributed by atoms with van der Waals surface area (Å²) in [5.41, 5.74) is 2.58. The molecule has 0 fully saturated rings. The van der Waals surface area contributed by atoms with E-state index in [1.165, 1.54) is 0 Å². The van der Waals surface area contributed by atoms with Crippen LogP contribution in [0.15, 0.2) is 79.0 Å². The predicted molar refractivity (Wildman–Crippen MR) is 118 cm³/mol. The number of carbonyl (C=O) groups is 2. The molecule has 0 radical (unpaired) electrons. The Kier molecular flexibility index (Phi) is 7.57. The molecule has 3 aromatic rings. The number of hydrogen-bond donors (Lipinski definition) is 1. The van der Waals surface area contributed by atoms with E-state index in [2.05, 4.69) is 10.3 Å². The van der Waals surface area contributed by atoms with Gasteiger partial charge in [0, 0.05) is 17.8 Å². The van der Waals surface area contributed by atoms with Crippen molar-refractivity contribution in [2.45, 2.75) is 32.5 Å². The Hall–Kier alpha value is -3.18. The zero-order valence-corrected chi connectivity index (χ0v) is 17.5. The van der Waals surface area contributed by atoms with E-state index >= 15 is 0 Å². The third kappa shape index (κ3) is 6.16. The van der Waals surface area contributed by atoms with Crippen LogP contribution < -0.4 is 5.32 Å². The van der Waals surface area contributed by atoms with Gasteiger partial charge in [-0.25, -0.2) is 0 Å². The number of rotatable bonds is 8. The summed E-state index contributed by atoms with van der Waals surface area (Å²) in [6, 6.07) is 21.7. The number of hydrogen-bond acceptors (Lipinski definition) is 3. The van der Waals surface area contributed by atoms with E-state index in [9.17, 15) is 9.59 Å². The lowest BCUT2D eigenvalue weighted by atomic mass is 10.1. The normalized spacial score (nSPS) is 11.5. The summed E-state index contributed by atoms with van der Waals surface area (Å²) in [6.45, 7) is 2.41. The molecule has 154 valence electrons. The molecule has 0 bridgehead atoms. The van der Waals surface area contributed by atoms with E-state index in [1.807, 2.05) is 60.7 Å². The van der Waals surface area contributed by atoms with Gasteiger partial charge in [0.1, 0.15) is 6.04 Å². The first-order valence-electron chi connectivity index (χ1n) is 9.78. The van der Waals surface area contributed by atoms with Crippen molar-refractivity contribution >= 4 is 23.4 Å². The van der Waals surface area contributed by atoms with Crippen molar-refractivity contribution in [3.63, 3.8) is 0 Å². The van der Waals surface area contributed by atoms with Crippen molar-refractivity contribution in [2.24, 2.45) is 0 Å². The van der Waals surface area contributed by atoms with E-state index in [-0.39, 0.29) is 18.2 Å². The van der Waals surface area contributed by atoms with Gasteiger partial charge in [-0.05, 0) is 42.3 Å². The maximum Gasteiger partial charge on any atom is 0.242 e. The molecule has 3 rings (SSSR count). The third-order valence-corrected chi connectivity index (χ3v) is 5.05. The summed E-state index contributed by atoms with van der Waals surface area (Å²) in [6.07, 6.45) is 1.88. The van der Waals surface area contributed by atoms with E-state index < -0.39 is 6.04 Å². The van der Waals surface area contributed by atoms with Crippen LogP contribution in [0.4, 0.5) is 0 Å². The summed E-state index contributed by atoms with van der Waals surface area (Å²) in [5, 5.41) is 3.50. The van der Waals surface area contributed by atoms with Crippen molar-refractivity contribution in [1.82, 2.24) is 15.2 Å². The van der Waals surface area contributed by atoms with Gasteiger partial charge in [0.15, 0.2) is 0 Å². The zero-order chi connectivity index (χ0) is 21.3. The molecular weight excluding hydrogens is 398 g/mol. The lowest BCUT2D eigenvalue weighted by molar-refractivity contribution is -0.140. The molecule has 0 saturated carbocycles. The molecular formula is C24H24ClN3O2. The molecule has 5 nitrogen and oxygen atoms in total. The number of benzene rings is 2. The Labute approximate surface area is 181 Å². The Morgan fingerprint density at radius 3 is 2.33 bits per heavy atom. The Morgan fingerprint density at radius 1 is 0.967 bits per heavy atom. The van der Waals surface area contributed by atoms with E-state index in [1.54, 1.807) is 30.2 Å². The van der Waals surface area contributed by atoms with Gasteiger partial charge < -0.3 is 10.2 Å². The van der Waals surface area contributed by atoms with Gasteiger partial charge in [-0.15, -0.1) is 0 Å². The topological polar surface area (TPSA) is 62.3 Å². The molecule has 30 heavy (non-hydrogen) atoms. The molecule has 0 saturated heterocycles. The molecule has 6 heteroatoms. The van der Waals surface area contributed by atoms with Crippen molar-refractivity contribution in [3.8, 4) is 0 Å². The first kappa shape index (κ1) is 21.5. The molecule has 0 aliphatic carbocycles. The van der Waals surface area contributed by atoms with Crippen LogP contribution in [-0.2, 0) is 29.1 Å². The van der Waals surface area contributed by atoms with E-state index in [0.717, 1.165) is 16.8 Å². The summed E-state index contributed by atoms with van der Waals surface area (Å²) >= 11 is 5.94. The van der Waals surface area contributed by atoms with Crippen LogP contribution in [0, 0.1) is 0 Å². The molecule has 2 aromatic carbocycles. The number of halogens is 1. The Balaban J connectivity index is 1.72. The second-order valence-corrected chi connectivity index (χ2v) is 7.46. The molecule has 0 unspecified atom stereocenters. The fraction of sp³-hybridized carbons (Fsp3) is 0.208. The highest BCUT2D eigenvalue weighted by Gasteiger charge is 2.26. The van der Waals surface area contributed by atoms with Crippen LogP contribution >= 0.6 is 11.6 Å². The van der Waals surface area contributed by atoms with Crippen LogP contribution in [0.25, 0.3) is 0 Å². The van der Waals surface area contributed by atoms with Gasteiger partial charge in [-0.1, -0.05) is 60.1 Å². The number of aromatic nitrogens is 1. The Morgan fingerprint density at radius 2 is 1.67 bits per heavy atom. The van der Waals surface area contributed by atoms with Gasteiger partial charge in [0.05, 0.1) is 18.7 Å². The van der Waals surface area contributed by atoms with Crippen LogP contribution in [0.5, 0.6) is 0 Å². The second kappa shape index (κ2) is 10.6. The highest BCUT2D eigenvalue weighted by atomic mass is 35.5. The van der Waals surface area contributed by atoms with Crippen molar-refractivity contribution in [2.75, 3.05) is 0 Å². The van der Waals surface area contributed by atoms with Crippen molar-refractivity contribution in [3.05, 3.63) is 101 Å². The summed E-state index contributed by atoms with van der Waals surface area (Å²) in [5.74, 6) is -0.345. The zero-order valence-electron chi connectivity index (χ0n) is 16.8. The van der Waals surface area contributed by atoms with Gasteiger partial charge in [0.2, 0.25) is 11.8 Å². The monoisotopic (exact) mass is 421 g/mol. The molecule has 2 amide bonds. The smallest absolute Gasteiger partial charge is 0.242 e. The molecule has 1 atom stereocenters. The van der Waals surface area contributed by atoms with Crippen molar-refractivity contribution in [1.29, 1.82) is 0 Å². The minimum Gasteiger partial charge on any atom is -0.349 e. The number of pyridine rings is 1.